The Labute approximate surface area is 546 Å². The van der Waals surface area contributed by atoms with Crippen LogP contribution in [0.1, 0.15) is 21.9 Å². The second-order valence-corrected chi connectivity index (χ2v) is 26.5. The van der Waals surface area contributed by atoms with Crippen LogP contribution in [0.5, 0.6) is 11.5 Å². The number of benzene rings is 7. The van der Waals surface area contributed by atoms with E-state index < -0.39 is 63.7 Å². The molecule has 37 heteroatoms. The van der Waals surface area contributed by atoms with E-state index in [1.807, 2.05) is 0 Å². The van der Waals surface area contributed by atoms with Crippen molar-refractivity contribution < 1.29 is 53.1 Å². The van der Waals surface area contributed by atoms with Crippen molar-refractivity contribution in [1.29, 1.82) is 5.26 Å². The summed E-state index contributed by atoms with van der Waals surface area (Å²) < 4.78 is 96.9. The van der Waals surface area contributed by atoms with E-state index in [1.54, 1.807) is 98.8 Å². The SMILES string of the molecule is CS(=O)(=O)c1ccc(N=Nc2ccc(O)cc2)cc1.Cc1nc2c(N=Nc3cc(Cl)c(S(N)(=O)=O)cc3Cl)c(C)[nH]n2n1.N#CC(N=Nc1ccc(S(N)(=O)=O)cc1)C(=O)c1ccccc1.[C-]#[N+]C1=NN(c2ccc(S(N)(=O)=O)cc2)C(=O)C1N=Nc1ccc(OC)cc1. The molecule has 10 rings (SSSR count). The number of methoxy groups -OCH3 is 1. The first kappa shape index (κ1) is 70.7. The minimum atomic E-state index is -3.98. The molecule has 482 valence electrons. The highest BCUT2D eigenvalue weighted by Gasteiger charge is 2.40. The molecule has 31 nitrogen and oxygen atoms in total. The van der Waals surface area contributed by atoms with Gasteiger partial charge < -0.3 is 14.7 Å². The Morgan fingerprint density at radius 1 is 0.702 bits per heavy atom. The van der Waals surface area contributed by atoms with E-state index >= 15 is 0 Å². The zero-order chi connectivity index (χ0) is 68.7. The first-order valence-electron chi connectivity index (χ1n) is 26.2. The van der Waals surface area contributed by atoms with Crippen molar-refractivity contribution in [3.8, 4) is 17.6 Å². The summed E-state index contributed by atoms with van der Waals surface area (Å²) in [4.78, 5) is 32.0. The number of aromatic nitrogens is 4. The van der Waals surface area contributed by atoms with Gasteiger partial charge >= 0.3 is 5.84 Å². The largest absolute Gasteiger partial charge is 0.508 e. The molecule has 0 bridgehead atoms. The van der Waals surface area contributed by atoms with Gasteiger partial charge in [0.2, 0.25) is 53.6 Å². The summed E-state index contributed by atoms with van der Waals surface area (Å²) in [5.74, 6) is 0.212. The molecule has 2 unspecified atom stereocenters. The molecule has 1 aliphatic heterocycles. The quantitative estimate of drug-likeness (QED) is 0.0341. The van der Waals surface area contributed by atoms with Gasteiger partial charge in [-0.2, -0.15) is 40.6 Å². The van der Waals surface area contributed by atoms with Crippen LogP contribution in [-0.4, -0.2) is 102 Å². The second-order valence-electron chi connectivity index (χ2n) is 19.0. The fraction of sp³-hybridized carbons (Fsp3) is 0.105. The van der Waals surface area contributed by atoms with E-state index in [0.29, 0.717) is 56.9 Å². The van der Waals surface area contributed by atoms with Crippen LogP contribution in [0, 0.1) is 31.8 Å². The minimum absolute atomic E-state index is 0.0500. The number of aryl methyl sites for hydroxylation is 2. The zero-order valence-corrected chi connectivity index (χ0v) is 53.8. The van der Waals surface area contributed by atoms with Crippen LogP contribution in [0.15, 0.2) is 229 Å². The lowest BCUT2D eigenvalue weighted by Crippen LogP contribution is -2.29. The van der Waals surface area contributed by atoms with Crippen molar-refractivity contribution in [2.75, 3.05) is 18.4 Å². The number of carbonyl (C=O) groups excluding carboxylic acids is 2. The Morgan fingerprint density at radius 2 is 1.22 bits per heavy atom. The molecule has 7 aromatic carbocycles. The van der Waals surface area contributed by atoms with Gasteiger partial charge in [-0.15, -0.1) is 20.3 Å². The van der Waals surface area contributed by atoms with Crippen molar-refractivity contribution in [3.63, 3.8) is 0 Å². The number of sulfonamides is 3. The molecule has 1 aliphatic rings. The second kappa shape index (κ2) is 30.6. The molecule has 1 amide bonds. The first-order valence-corrected chi connectivity index (χ1v) is 33.5. The first-order chi connectivity index (χ1) is 44.4. The van der Waals surface area contributed by atoms with Crippen LogP contribution in [0.2, 0.25) is 10.0 Å². The number of aromatic hydroxyl groups is 1. The van der Waals surface area contributed by atoms with Crippen molar-refractivity contribution >= 4 is 126 Å². The summed E-state index contributed by atoms with van der Waals surface area (Å²) in [6.07, 6.45) is 1.15. The molecule has 0 fully saturated rings. The van der Waals surface area contributed by atoms with Gasteiger partial charge in [0.25, 0.3) is 5.91 Å². The molecule has 0 spiro atoms. The Bertz CT molecular complexity index is 5010. The molecular formula is C57H49Cl2N19O12S4. The maximum absolute atomic E-state index is 12.6. The van der Waals surface area contributed by atoms with Crippen molar-refractivity contribution in [2.45, 2.75) is 45.5 Å². The number of phenolic OH excluding ortho intramolecular Hbond substituents is 1. The van der Waals surface area contributed by atoms with Crippen LogP contribution in [0.4, 0.5) is 39.8 Å². The molecule has 9 aromatic rings. The summed E-state index contributed by atoms with van der Waals surface area (Å²) in [5, 5.41) is 76.8. The van der Waals surface area contributed by atoms with E-state index in [-0.39, 0.29) is 52.6 Å². The number of carbonyl (C=O) groups is 2. The number of amidine groups is 1. The highest BCUT2D eigenvalue weighted by molar-refractivity contribution is 7.90. The number of nitrogens with zero attached hydrogens (tertiary/aromatic N) is 15. The number of hydrogen-bond donors (Lipinski definition) is 5. The maximum Gasteiger partial charge on any atom is 0.307 e. The van der Waals surface area contributed by atoms with Gasteiger partial charge in [-0.3, -0.25) is 14.7 Å². The summed E-state index contributed by atoms with van der Waals surface area (Å²) >= 11 is 12.0. The lowest BCUT2D eigenvalue weighted by molar-refractivity contribution is -0.117. The Kier molecular flexibility index (Phi) is 23.0. The van der Waals surface area contributed by atoms with Gasteiger partial charge in [0.15, 0.2) is 15.5 Å². The number of nitrogens with one attached hydrogen (secondary N) is 1. The average Bonchev–Trinajstić information content (AvgIpc) is 1.62. The monoisotopic (exact) mass is 1390 g/mol. The number of ether oxygens (including phenoxy) is 1. The fourth-order valence-corrected chi connectivity index (χ4v) is 10.6. The van der Waals surface area contributed by atoms with Crippen LogP contribution >= 0.6 is 23.2 Å². The number of anilines is 1. The number of Topliss-reactive ketones (excluding diaryl/α,β-unsaturated/α-hetero) is 1. The number of sulfone groups is 1. The van der Waals surface area contributed by atoms with Crippen molar-refractivity contribution in [3.05, 3.63) is 202 Å². The molecule has 0 aliphatic carbocycles. The predicted octanol–water partition coefficient (Wildman–Crippen LogP) is 10.5. The number of hydrazone groups is 1. The number of rotatable bonds is 16. The van der Waals surface area contributed by atoms with E-state index in [0.717, 1.165) is 17.3 Å². The van der Waals surface area contributed by atoms with E-state index in [9.17, 15) is 43.3 Å². The van der Waals surface area contributed by atoms with E-state index in [4.69, 9.17) is 60.3 Å². The van der Waals surface area contributed by atoms with Crippen molar-refractivity contribution in [1.82, 2.24) is 19.8 Å². The summed E-state index contributed by atoms with van der Waals surface area (Å²) in [7, 11) is -13.3. The van der Waals surface area contributed by atoms with Crippen molar-refractivity contribution in [2.24, 2.45) is 61.4 Å². The number of nitriles is 1. The molecule has 94 heavy (non-hydrogen) atoms. The minimum Gasteiger partial charge on any atom is -0.508 e. The Morgan fingerprint density at radius 3 is 1.74 bits per heavy atom. The lowest BCUT2D eigenvalue weighted by Gasteiger charge is -2.09. The molecule has 2 aromatic heterocycles. The van der Waals surface area contributed by atoms with Crippen LogP contribution in [0.25, 0.3) is 10.5 Å². The number of H-pyrrole nitrogens is 1. The summed E-state index contributed by atoms with van der Waals surface area (Å²) in [6.45, 7) is 10.8. The molecular weight excluding hydrogens is 1340 g/mol. The molecule has 0 saturated carbocycles. The van der Waals surface area contributed by atoms with E-state index in [2.05, 4.69) is 66.0 Å². The standard InChI is InChI=1S/C17H14N6O4S.C15H12N4O3S.C13H12N2O3S.C12H11Cl2N7O2S/c1-19-16-15(21-20-11-3-7-13(27-2)8-4-11)17(24)23(22-16)12-5-9-14(10-6-12)28(18,25)26;16-10-14(15(20)11-4-2-1-3-5-11)19-18-12-6-8-13(9-7-12)23(17,21)22;1-19(17,18)13-8-4-11(5-9-13)15-14-10-2-6-12(16)7-3-10;1-5-11(12-16-6(2)20-21(12)19-5)18-17-9-3-8(14)10(4-7(9)13)24(15,22)23/h3-10,15H,2H3,(H2,18,25,26);1-9,14H,(H2,17,21,22);2-9,16H,1H3;3-4,19H,1-2H3,(H2,15,22,23). The van der Waals surface area contributed by atoms with Crippen LogP contribution in [-0.2, 0) is 44.7 Å². The number of fused-ring (bicyclic) bond motifs is 1. The third kappa shape index (κ3) is 19.2. The Balaban J connectivity index is 0.000000179. The third-order valence-electron chi connectivity index (χ3n) is 12.2. The molecule has 8 N–H and O–H groups in total. The topological polar surface area (TPSA) is 467 Å². The number of halogens is 2. The fourth-order valence-electron chi connectivity index (χ4n) is 7.53. The predicted molar refractivity (Wildman–Crippen MR) is 344 cm³/mol. The lowest BCUT2D eigenvalue weighted by atomic mass is 10.1. The summed E-state index contributed by atoms with van der Waals surface area (Å²) in [5.41, 5.74) is 4.48. The third-order valence-corrected chi connectivity index (χ3v) is 16.8. The average molecular weight is 1390 g/mol. The Hall–Kier alpha value is -10.7. The normalized spacial score (nSPS) is 13.7. The van der Waals surface area contributed by atoms with Crippen LogP contribution in [0.3, 0.4) is 0 Å². The number of azo groups is 4. The van der Waals surface area contributed by atoms with Crippen LogP contribution < -0.4 is 25.2 Å². The number of phenols is 1. The molecule has 0 saturated heterocycles. The molecule has 0 radical (unpaired) electrons. The van der Waals surface area contributed by atoms with Gasteiger partial charge in [0, 0.05) is 11.8 Å². The number of hydrogen-bond acceptors (Lipinski definition) is 24. The maximum atomic E-state index is 12.6. The smallest absolute Gasteiger partial charge is 0.307 e. The van der Waals surface area contributed by atoms with Gasteiger partial charge in [0.05, 0.1) is 72.0 Å². The van der Waals surface area contributed by atoms with Gasteiger partial charge in [-0.1, -0.05) is 60.1 Å². The zero-order valence-electron chi connectivity index (χ0n) is 49.0. The number of nitrogens with two attached hydrogens (primary N) is 3. The number of ketones is 1. The van der Waals surface area contributed by atoms with Gasteiger partial charge in [-0.25, -0.2) is 54.1 Å². The van der Waals surface area contributed by atoms with Gasteiger partial charge in [-0.05, 0) is 152 Å². The molecule has 3 heterocycles. The highest BCUT2D eigenvalue weighted by Crippen LogP contribution is 2.36. The summed E-state index contributed by atoms with van der Waals surface area (Å²) in [6, 6.07) is 39.7. The van der Waals surface area contributed by atoms with E-state index in [1.165, 1.54) is 90.6 Å². The number of amides is 1. The number of primary sulfonamides is 3. The highest BCUT2D eigenvalue weighted by atomic mass is 35.5. The number of aromatic amines is 1. The van der Waals surface area contributed by atoms with Gasteiger partial charge in [0.1, 0.15) is 27.9 Å². The molecule has 2 atom stereocenters.